The number of nitrogens with zero attached hydrogens (tertiary/aromatic N) is 1. The molecule has 2 aromatic carbocycles. The van der Waals surface area contributed by atoms with E-state index in [1.54, 1.807) is 43.3 Å². The van der Waals surface area contributed by atoms with E-state index >= 15 is 0 Å². The highest BCUT2D eigenvalue weighted by molar-refractivity contribution is 5.82. The number of carboxylic acids is 1. The van der Waals surface area contributed by atoms with E-state index in [0.29, 0.717) is 22.3 Å². The standard InChI is InChI=1S/C20H15F2NO2/c1-12-15(13-6-2-4-8-16(13)21)11-23-18(10-19(24)25)20(12)14-7-3-5-9-17(14)22/h2-9,11H,10H2,1H3,(H,24,25). The molecule has 1 aromatic heterocycles. The fraction of sp³-hybridized carbons (Fsp3) is 0.100. The van der Waals surface area contributed by atoms with Crippen molar-refractivity contribution < 1.29 is 18.7 Å². The van der Waals surface area contributed by atoms with Crippen molar-refractivity contribution >= 4 is 5.97 Å². The number of carboxylic acid groups (broad SMARTS) is 1. The van der Waals surface area contributed by atoms with Crippen molar-refractivity contribution in [3.05, 3.63) is 77.6 Å². The van der Waals surface area contributed by atoms with Crippen molar-refractivity contribution in [2.75, 3.05) is 0 Å². The lowest BCUT2D eigenvalue weighted by molar-refractivity contribution is -0.136. The lowest BCUT2D eigenvalue weighted by atomic mass is 9.91. The van der Waals surface area contributed by atoms with Crippen molar-refractivity contribution in [1.29, 1.82) is 0 Å². The van der Waals surface area contributed by atoms with E-state index in [-0.39, 0.29) is 17.7 Å². The average Bonchev–Trinajstić information content (AvgIpc) is 2.57. The third-order valence-corrected chi connectivity index (χ3v) is 4.04. The van der Waals surface area contributed by atoms with Crippen LogP contribution < -0.4 is 0 Å². The molecular weight excluding hydrogens is 324 g/mol. The molecule has 1 heterocycles. The molecular formula is C20H15F2NO2. The minimum absolute atomic E-state index is 0.246. The topological polar surface area (TPSA) is 50.2 Å². The summed E-state index contributed by atoms with van der Waals surface area (Å²) in [5.74, 6) is -1.97. The van der Waals surface area contributed by atoms with Crippen molar-refractivity contribution in [3.63, 3.8) is 0 Å². The Morgan fingerprint density at radius 1 is 0.960 bits per heavy atom. The molecule has 0 aliphatic heterocycles. The molecule has 0 spiro atoms. The molecule has 0 unspecified atom stereocenters. The van der Waals surface area contributed by atoms with Crippen LogP contribution in [0.1, 0.15) is 11.3 Å². The SMILES string of the molecule is Cc1c(-c2ccccc2F)cnc(CC(=O)O)c1-c1ccccc1F. The maximum atomic E-state index is 14.3. The largest absolute Gasteiger partial charge is 0.481 e. The molecule has 0 amide bonds. The van der Waals surface area contributed by atoms with Gasteiger partial charge < -0.3 is 5.11 Å². The lowest BCUT2D eigenvalue weighted by Crippen LogP contribution is -2.07. The van der Waals surface area contributed by atoms with Crippen molar-refractivity contribution in [2.24, 2.45) is 0 Å². The van der Waals surface area contributed by atoms with E-state index in [2.05, 4.69) is 4.98 Å². The van der Waals surface area contributed by atoms with Crippen molar-refractivity contribution in [1.82, 2.24) is 4.98 Å². The van der Waals surface area contributed by atoms with Crippen LogP contribution in [0.2, 0.25) is 0 Å². The van der Waals surface area contributed by atoms with Crippen molar-refractivity contribution in [2.45, 2.75) is 13.3 Å². The van der Waals surface area contributed by atoms with Gasteiger partial charge in [-0.05, 0) is 24.6 Å². The fourth-order valence-electron chi connectivity index (χ4n) is 2.90. The second-order valence-corrected chi connectivity index (χ2v) is 5.65. The van der Waals surface area contributed by atoms with Gasteiger partial charge >= 0.3 is 5.97 Å². The molecule has 25 heavy (non-hydrogen) atoms. The first-order chi connectivity index (χ1) is 12.0. The number of carbonyl (C=O) groups is 1. The first-order valence-electron chi connectivity index (χ1n) is 7.69. The summed E-state index contributed by atoms with van der Waals surface area (Å²) in [4.78, 5) is 15.4. The molecule has 0 fully saturated rings. The number of hydrogen-bond acceptors (Lipinski definition) is 2. The van der Waals surface area contributed by atoms with Gasteiger partial charge in [0.15, 0.2) is 0 Å². The zero-order valence-electron chi connectivity index (χ0n) is 13.5. The molecule has 1 N–H and O–H groups in total. The van der Waals surface area contributed by atoms with E-state index in [0.717, 1.165) is 0 Å². The van der Waals surface area contributed by atoms with E-state index in [1.807, 2.05) is 0 Å². The van der Waals surface area contributed by atoms with Gasteiger partial charge in [-0.25, -0.2) is 8.78 Å². The Labute approximate surface area is 143 Å². The Bertz CT molecular complexity index is 954. The summed E-state index contributed by atoms with van der Waals surface area (Å²) < 4.78 is 28.5. The van der Waals surface area contributed by atoms with Gasteiger partial charge in [-0.1, -0.05) is 36.4 Å². The number of benzene rings is 2. The predicted octanol–water partition coefficient (Wildman–Crippen LogP) is 4.63. The van der Waals surface area contributed by atoms with Crippen LogP contribution in [-0.4, -0.2) is 16.1 Å². The molecule has 0 atom stereocenters. The van der Waals surface area contributed by atoms with E-state index in [4.69, 9.17) is 5.11 Å². The maximum Gasteiger partial charge on any atom is 0.309 e. The van der Waals surface area contributed by atoms with Gasteiger partial charge in [-0.3, -0.25) is 9.78 Å². The van der Waals surface area contributed by atoms with Gasteiger partial charge in [0.05, 0.1) is 12.1 Å². The number of hydrogen-bond donors (Lipinski definition) is 1. The summed E-state index contributed by atoms with van der Waals surface area (Å²) in [6.07, 6.45) is 1.10. The monoisotopic (exact) mass is 339 g/mol. The third-order valence-electron chi connectivity index (χ3n) is 4.04. The Kier molecular flexibility index (Phi) is 4.57. The van der Waals surface area contributed by atoms with Crippen LogP contribution in [0.3, 0.4) is 0 Å². The van der Waals surface area contributed by atoms with Gasteiger partial charge in [-0.2, -0.15) is 0 Å². The Morgan fingerprint density at radius 2 is 1.52 bits per heavy atom. The number of pyridine rings is 1. The first-order valence-corrected chi connectivity index (χ1v) is 7.69. The maximum absolute atomic E-state index is 14.3. The predicted molar refractivity (Wildman–Crippen MR) is 91.1 cm³/mol. The molecule has 3 nitrogen and oxygen atoms in total. The summed E-state index contributed by atoms with van der Waals surface area (Å²) in [7, 11) is 0. The summed E-state index contributed by atoms with van der Waals surface area (Å²) in [6, 6.07) is 12.3. The van der Waals surface area contributed by atoms with Crippen LogP contribution in [-0.2, 0) is 11.2 Å². The van der Waals surface area contributed by atoms with Crippen LogP contribution in [0.5, 0.6) is 0 Å². The van der Waals surface area contributed by atoms with Crippen LogP contribution in [0.25, 0.3) is 22.3 Å². The quantitative estimate of drug-likeness (QED) is 0.754. The highest BCUT2D eigenvalue weighted by Gasteiger charge is 2.20. The van der Waals surface area contributed by atoms with Crippen molar-refractivity contribution in [3.8, 4) is 22.3 Å². The minimum Gasteiger partial charge on any atom is -0.481 e. The molecule has 5 heteroatoms. The molecule has 0 aliphatic carbocycles. The van der Waals surface area contributed by atoms with Crippen LogP contribution in [0, 0.1) is 18.6 Å². The van der Waals surface area contributed by atoms with Gasteiger partial charge in [-0.15, -0.1) is 0 Å². The smallest absolute Gasteiger partial charge is 0.309 e. The Morgan fingerprint density at radius 3 is 2.08 bits per heavy atom. The average molecular weight is 339 g/mol. The third kappa shape index (κ3) is 3.26. The normalized spacial score (nSPS) is 10.7. The second kappa shape index (κ2) is 6.81. The number of aromatic nitrogens is 1. The number of aliphatic carboxylic acids is 1. The van der Waals surface area contributed by atoms with Gasteiger partial charge in [0.2, 0.25) is 0 Å². The van der Waals surface area contributed by atoms with Gasteiger partial charge in [0.1, 0.15) is 11.6 Å². The molecule has 3 aromatic rings. The van der Waals surface area contributed by atoms with E-state index in [1.165, 1.54) is 18.3 Å². The number of rotatable bonds is 4. The number of halogens is 2. The van der Waals surface area contributed by atoms with E-state index < -0.39 is 17.6 Å². The van der Waals surface area contributed by atoms with Gasteiger partial charge in [0, 0.05) is 28.5 Å². The highest BCUT2D eigenvalue weighted by Crippen LogP contribution is 2.35. The fourth-order valence-corrected chi connectivity index (χ4v) is 2.90. The van der Waals surface area contributed by atoms with Crippen LogP contribution in [0.15, 0.2) is 54.7 Å². The van der Waals surface area contributed by atoms with Crippen LogP contribution >= 0.6 is 0 Å². The molecule has 3 rings (SSSR count). The second-order valence-electron chi connectivity index (χ2n) is 5.65. The summed E-state index contributed by atoms with van der Waals surface area (Å²) >= 11 is 0. The highest BCUT2D eigenvalue weighted by atomic mass is 19.1. The first kappa shape index (κ1) is 16.8. The van der Waals surface area contributed by atoms with Gasteiger partial charge in [0.25, 0.3) is 0 Å². The molecule has 0 saturated heterocycles. The Hall–Kier alpha value is -3.08. The zero-order chi connectivity index (χ0) is 18.0. The molecule has 0 radical (unpaired) electrons. The summed E-state index contributed by atoms with van der Waals surface area (Å²) in [6.45, 7) is 1.72. The Balaban J connectivity index is 2.30. The minimum atomic E-state index is -1.07. The van der Waals surface area contributed by atoms with Crippen LogP contribution in [0.4, 0.5) is 8.78 Å². The molecule has 126 valence electrons. The lowest BCUT2D eigenvalue weighted by Gasteiger charge is -2.16. The molecule has 0 aliphatic rings. The zero-order valence-corrected chi connectivity index (χ0v) is 13.5. The summed E-state index contributed by atoms with van der Waals surface area (Å²) in [5.41, 5.74) is 2.32. The summed E-state index contributed by atoms with van der Waals surface area (Å²) in [5, 5.41) is 9.14. The molecule has 0 bridgehead atoms. The molecule has 0 saturated carbocycles. The van der Waals surface area contributed by atoms with E-state index in [9.17, 15) is 13.6 Å².